The smallest absolute Gasteiger partial charge is 0.344 e. The number of carboxylic acids is 1. The van der Waals surface area contributed by atoms with E-state index in [1.54, 1.807) is 6.92 Å². The minimum absolute atomic E-state index is 0.0657. The summed E-state index contributed by atoms with van der Waals surface area (Å²) in [7, 11) is 0. The van der Waals surface area contributed by atoms with Crippen molar-refractivity contribution in [2.75, 3.05) is 6.61 Å². The lowest BCUT2D eigenvalue weighted by Crippen LogP contribution is -2.30. The zero-order valence-corrected chi connectivity index (χ0v) is 12.7. The lowest BCUT2D eigenvalue weighted by Gasteiger charge is -2.10. The molecule has 0 saturated heterocycles. The van der Waals surface area contributed by atoms with E-state index in [4.69, 9.17) is 9.84 Å². The van der Waals surface area contributed by atoms with Crippen LogP contribution >= 0.6 is 0 Å². The van der Waals surface area contributed by atoms with Crippen molar-refractivity contribution in [3.63, 3.8) is 0 Å². The van der Waals surface area contributed by atoms with Crippen LogP contribution in [0.1, 0.15) is 33.2 Å². The Balaban J connectivity index is 2.35. The second kappa shape index (κ2) is 7.40. The Hall–Kier alpha value is -2.89. The molecule has 1 aromatic heterocycles. The van der Waals surface area contributed by atoms with Crippen molar-refractivity contribution >= 4 is 11.9 Å². The van der Waals surface area contributed by atoms with Crippen LogP contribution in [0.15, 0.2) is 47.4 Å². The molecular formula is C17H17NO5. The van der Waals surface area contributed by atoms with Crippen molar-refractivity contribution in [2.24, 2.45) is 0 Å². The van der Waals surface area contributed by atoms with Gasteiger partial charge in [0.1, 0.15) is 5.56 Å². The normalized spacial score (nSPS) is 10.3. The van der Waals surface area contributed by atoms with Gasteiger partial charge in [-0.2, -0.15) is 0 Å². The van der Waals surface area contributed by atoms with E-state index in [1.165, 1.54) is 16.8 Å². The molecule has 120 valence electrons. The third-order valence-corrected chi connectivity index (χ3v) is 3.36. The maximum atomic E-state index is 12.4. The van der Waals surface area contributed by atoms with Gasteiger partial charge >= 0.3 is 11.9 Å². The summed E-state index contributed by atoms with van der Waals surface area (Å²) < 4.78 is 6.13. The van der Waals surface area contributed by atoms with Crippen LogP contribution in [0.2, 0.25) is 0 Å². The number of aromatic nitrogens is 1. The van der Waals surface area contributed by atoms with E-state index in [2.05, 4.69) is 0 Å². The van der Waals surface area contributed by atoms with E-state index in [0.29, 0.717) is 13.0 Å². The van der Waals surface area contributed by atoms with Gasteiger partial charge in [0, 0.05) is 12.7 Å². The van der Waals surface area contributed by atoms with Crippen LogP contribution in [-0.2, 0) is 17.7 Å². The first kappa shape index (κ1) is 16.5. The fourth-order valence-corrected chi connectivity index (χ4v) is 2.22. The van der Waals surface area contributed by atoms with E-state index in [1.807, 2.05) is 30.3 Å². The molecule has 0 aliphatic rings. The molecule has 23 heavy (non-hydrogen) atoms. The van der Waals surface area contributed by atoms with Crippen LogP contribution in [0.4, 0.5) is 0 Å². The topological polar surface area (TPSA) is 85.6 Å². The second-order valence-electron chi connectivity index (χ2n) is 4.86. The fourth-order valence-electron chi connectivity index (χ4n) is 2.22. The number of carbonyl (C=O) groups excluding carboxylic acids is 1. The number of carbonyl (C=O) groups is 2. The molecule has 0 atom stereocenters. The van der Waals surface area contributed by atoms with Gasteiger partial charge in [0.15, 0.2) is 0 Å². The average Bonchev–Trinajstić information content (AvgIpc) is 2.54. The number of carboxylic acid groups (broad SMARTS) is 1. The maximum absolute atomic E-state index is 12.4. The molecule has 0 fully saturated rings. The molecule has 1 aromatic carbocycles. The predicted molar refractivity (Wildman–Crippen MR) is 83.8 cm³/mol. The van der Waals surface area contributed by atoms with Crippen LogP contribution in [0.5, 0.6) is 0 Å². The number of pyridine rings is 1. The van der Waals surface area contributed by atoms with E-state index >= 15 is 0 Å². The highest BCUT2D eigenvalue weighted by molar-refractivity contribution is 6.02. The van der Waals surface area contributed by atoms with Gasteiger partial charge in [-0.05, 0) is 25.0 Å². The Morgan fingerprint density at radius 2 is 1.87 bits per heavy atom. The van der Waals surface area contributed by atoms with Crippen molar-refractivity contribution in [3.8, 4) is 0 Å². The van der Waals surface area contributed by atoms with Crippen molar-refractivity contribution < 1.29 is 19.4 Å². The van der Waals surface area contributed by atoms with Crippen LogP contribution < -0.4 is 5.56 Å². The predicted octanol–water partition coefficient (Wildman–Crippen LogP) is 1.97. The van der Waals surface area contributed by atoms with Gasteiger partial charge in [-0.1, -0.05) is 30.3 Å². The number of ether oxygens (including phenoxy) is 1. The van der Waals surface area contributed by atoms with Gasteiger partial charge in [-0.15, -0.1) is 0 Å². The molecule has 0 amide bonds. The summed E-state index contributed by atoms with van der Waals surface area (Å²) in [5, 5.41) is 9.15. The van der Waals surface area contributed by atoms with Gasteiger partial charge < -0.3 is 14.4 Å². The largest absolute Gasteiger partial charge is 0.478 e. The molecule has 0 aliphatic heterocycles. The van der Waals surface area contributed by atoms with Crippen LogP contribution in [-0.4, -0.2) is 28.2 Å². The number of rotatable bonds is 6. The van der Waals surface area contributed by atoms with Gasteiger partial charge in [0.2, 0.25) is 0 Å². The van der Waals surface area contributed by atoms with Gasteiger partial charge in [0.25, 0.3) is 5.56 Å². The van der Waals surface area contributed by atoms with E-state index in [0.717, 1.165) is 5.56 Å². The standard InChI is InChI=1S/C17H17NO5/c1-2-23-17(22)14-13(16(20)21)9-11-18(15(14)19)10-8-12-6-4-3-5-7-12/h3-7,9,11H,2,8,10H2,1H3,(H,20,21). The Morgan fingerprint density at radius 1 is 1.17 bits per heavy atom. The number of nitrogens with zero attached hydrogens (tertiary/aromatic N) is 1. The summed E-state index contributed by atoms with van der Waals surface area (Å²) >= 11 is 0. The molecule has 2 rings (SSSR count). The van der Waals surface area contributed by atoms with Crippen molar-refractivity contribution in [1.29, 1.82) is 0 Å². The first-order chi connectivity index (χ1) is 11.0. The summed E-state index contributed by atoms with van der Waals surface area (Å²) in [6.45, 7) is 2.00. The summed E-state index contributed by atoms with van der Waals surface area (Å²) in [6.07, 6.45) is 1.98. The van der Waals surface area contributed by atoms with Crippen LogP contribution in [0.3, 0.4) is 0 Å². The van der Waals surface area contributed by atoms with Crippen molar-refractivity contribution in [1.82, 2.24) is 4.57 Å². The summed E-state index contributed by atoms with van der Waals surface area (Å²) in [6, 6.07) is 10.8. The van der Waals surface area contributed by atoms with Gasteiger partial charge in [0.05, 0.1) is 12.2 Å². The number of esters is 1. The maximum Gasteiger partial charge on any atom is 0.344 e. The minimum atomic E-state index is -1.33. The molecule has 0 bridgehead atoms. The number of hydrogen-bond acceptors (Lipinski definition) is 4. The first-order valence-electron chi connectivity index (χ1n) is 7.22. The number of hydrogen-bond donors (Lipinski definition) is 1. The minimum Gasteiger partial charge on any atom is -0.478 e. The molecule has 0 unspecified atom stereocenters. The molecule has 1 heterocycles. The molecule has 2 aromatic rings. The van der Waals surface area contributed by atoms with E-state index in [9.17, 15) is 14.4 Å². The molecule has 6 nitrogen and oxygen atoms in total. The van der Waals surface area contributed by atoms with E-state index < -0.39 is 23.1 Å². The third kappa shape index (κ3) is 3.85. The quantitative estimate of drug-likeness (QED) is 0.824. The monoisotopic (exact) mass is 315 g/mol. The molecular weight excluding hydrogens is 298 g/mol. The zero-order chi connectivity index (χ0) is 16.8. The number of aromatic carboxylic acids is 1. The highest BCUT2D eigenvalue weighted by Crippen LogP contribution is 2.07. The number of benzene rings is 1. The SMILES string of the molecule is CCOC(=O)c1c(C(=O)O)ccn(CCc2ccccc2)c1=O. The summed E-state index contributed by atoms with van der Waals surface area (Å²) in [5.41, 5.74) is -0.391. The average molecular weight is 315 g/mol. The van der Waals surface area contributed by atoms with Crippen LogP contribution in [0.25, 0.3) is 0 Å². The fraction of sp³-hybridized carbons (Fsp3) is 0.235. The van der Waals surface area contributed by atoms with E-state index in [-0.39, 0.29) is 12.2 Å². The van der Waals surface area contributed by atoms with Crippen molar-refractivity contribution in [3.05, 3.63) is 69.6 Å². The summed E-state index contributed by atoms with van der Waals surface area (Å²) in [4.78, 5) is 35.6. The lowest BCUT2D eigenvalue weighted by atomic mass is 10.1. The van der Waals surface area contributed by atoms with Crippen LogP contribution in [0, 0.1) is 0 Å². The highest BCUT2D eigenvalue weighted by atomic mass is 16.5. The van der Waals surface area contributed by atoms with Gasteiger partial charge in [-0.25, -0.2) is 9.59 Å². The molecule has 0 spiro atoms. The van der Waals surface area contributed by atoms with Crippen molar-refractivity contribution in [2.45, 2.75) is 19.9 Å². The molecule has 0 saturated carbocycles. The molecule has 1 N–H and O–H groups in total. The Kier molecular flexibility index (Phi) is 5.30. The Labute approximate surface area is 133 Å². The second-order valence-corrected chi connectivity index (χ2v) is 4.86. The Bertz CT molecular complexity index is 764. The lowest BCUT2D eigenvalue weighted by molar-refractivity contribution is 0.0511. The highest BCUT2D eigenvalue weighted by Gasteiger charge is 2.23. The third-order valence-electron chi connectivity index (χ3n) is 3.36. The first-order valence-corrected chi connectivity index (χ1v) is 7.22. The molecule has 0 aliphatic carbocycles. The summed E-state index contributed by atoms with van der Waals surface area (Å²) in [5.74, 6) is -2.25. The van der Waals surface area contributed by atoms with Gasteiger partial charge in [-0.3, -0.25) is 4.79 Å². The molecule has 6 heteroatoms. The Morgan fingerprint density at radius 3 is 2.48 bits per heavy atom. The zero-order valence-electron chi connectivity index (χ0n) is 12.7. The number of aryl methyl sites for hydroxylation is 2. The molecule has 0 radical (unpaired) electrons.